The molecule has 1 heterocycles. The van der Waals surface area contributed by atoms with Gasteiger partial charge in [-0.15, -0.1) is 11.3 Å². The third-order valence-corrected chi connectivity index (χ3v) is 4.78. The SMILES string of the molecule is O=C(O)C1CCC(O)(CNCCc2cccs2)CC1. The second kappa shape index (κ2) is 6.50. The van der Waals surface area contributed by atoms with Crippen LogP contribution in [0.4, 0.5) is 0 Å². The Morgan fingerprint density at radius 3 is 2.79 bits per heavy atom. The van der Waals surface area contributed by atoms with Gasteiger partial charge in [0.05, 0.1) is 11.5 Å². The van der Waals surface area contributed by atoms with E-state index in [-0.39, 0.29) is 5.92 Å². The van der Waals surface area contributed by atoms with Crippen molar-refractivity contribution in [3.63, 3.8) is 0 Å². The highest BCUT2D eigenvalue weighted by Crippen LogP contribution is 2.31. The molecule has 19 heavy (non-hydrogen) atoms. The maximum absolute atomic E-state index is 10.9. The molecule has 2 rings (SSSR count). The zero-order valence-electron chi connectivity index (χ0n) is 11.0. The fourth-order valence-corrected chi connectivity index (χ4v) is 3.28. The molecule has 0 bridgehead atoms. The van der Waals surface area contributed by atoms with Gasteiger partial charge >= 0.3 is 5.97 Å². The van der Waals surface area contributed by atoms with E-state index in [9.17, 15) is 9.90 Å². The molecule has 1 aromatic rings. The van der Waals surface area contributed by atoms with Crippen LogP contribution in [0, 0.1) is 5.92 Å². The lowest BCUT2D eigenvalue weighted by Gasteiger charge is -2.34. The molecule has 3 N–H and O–H groups in total. The topological polar surface area (TPSA) is 69.6 Å². The van der Waals surface area contributed by atoms with Crippen LogP contribution in [-0.2, 0) is 11.2 Å². The number of nitrogens with one attached hydrogen (secondary N) is 1. The van der Waals surface area contributed by atoms with Crippen molar-refractivity contribution < 1.29 is 15.0 Å². The lowest BCUT2D eigenvalue weighted by atomic mass is 9.79. The summed E-state index contributed by atoms with van der Waals surface area (Å²) >= 11 is 1.74. The summed E-state index contributed by atoms with van der Waals surface area (Å²) in [4.78, 5) is 12.2. The molecular weight excluding hydrogens is 262 g/mol. The first-order valence-corrected chi connectivity index (χ1v) is 7.65. The van der Waals surface area contributed by atoms with Gasteiger partial charge in [-0.3, -0.25) is 4.79 Å². The van der Waals surface area contributed by atoms with Crippen molar-refractivity contribution in [2.75, 3.05) is 13.1 Å². The number of carbonyl (C=O) groups is 1. The lowest BCUT2D eigenvalue weighted by Crippen LogP contribution is -2.44. The molecule has 0 aliphatic heterocycles. The molecule has 0 spiro atoms. The molecule has 1 fully saturated rings. The minimum atomic E-state index is -0.729. The van der Waals surface area contributed by atoms with Crippen molar-refractivity contribution in [1.82, 2.24) is 5.32 Å². The first-order chi connectivity index (χ1) is 9.09. The van der Waals surface area contributed by atoms with Crippen LogP contribution >= 0.6 is 11.3 Å². The standard InChI is InChI=1S/C14H21NO3S/c16-13(17)11-3-6-14(18,7-4-11)10-15-8-5-12-2-1-9-19-12/h1-2,9,11,15,18H,3-8,10H2,(H,16,17). The molecule has 5 heteroatoms. The van der Waals surface area contributed by atoms with E-state index in [1.807, 2.05) is 6.07 Å². The van der Waals surface area contributed by atoms with Crippen LogP contribution in [0.25, 0.3) is 0 Å². The van der Waals surface area contributed by atoms with E-state index in [2.05, 4.69) is 16.8 Å². The van der Waals surface area contributed by atoms with Crippen molar-refractivity contribution in [2.24, 2.45) is 5.92 Å². The highest BCUT2D eigenvalue weighted by atomic mass is 32.1. The molecule has 0 atom stereocenters. The van der Waals surface area contributed by atoms with E-state index >= 15 is 0 Å². The quantitative estimate of drug-likeness (QED) is 0.697. The highest BCUT2D eigenvalue weighted by Gasteiger charge is 2.35. The Morgan fingerprint density at radius 1 is 1.47 bits per heavy atom. The lowest BCUT2D eigenvalue weighted by molar-refractivity contribution is -0.144. The maximum atomic E-state index is 10.9. The van der Waals surface area contributed by atoms with Crippen molar-refractivity contribution in [1.29, 1.82) is 0 Å². The van der Waals surface area contributed by atoms with Crippen LogP contribution < -0.4 is 5.32 Å². The van der Waals surface area contributed by atoms with E-state index in [0.717, 1.165) is 13.0 Å². The van der Waals surface area contributed by atoms with Crippen LogP contribution in [-0.4, -0.2) is 34.9 Å². The van der Waals surface area contributed by atoms with Crippen LogP contribution in [0.3, 0.4) is 0 Å². The summed E-state index contributed by atoms with van der Waals surface area (Å²) in [5.41, 5.74) is -0.721. The Labute approximate surface area is 117 Å². The zero-order valence-corrected chi connectivity index (χ0v) is 11.8. The van der Waals surface area contributed by atoms with E-state index in [1.165, 1.54) is 4.88 Å². The van der Waals surface area contributed by atoms with Gasteiger partial charge in [0.15, 0.2) is 0 Å². The second-order valence-electron chi connectivity index (χ2n) is 5.34. The fourth-order valence-electron chi connectivity index (χ4n) is 2.57. The average Bonchev–Trinajstić information content (AvgIpc) is 2.88. The Hall–Kier alpha value is -0.910. The van der Waals surface area contributed by atoms with Gasteiger partial charge in [0, 0.05) is 18.0 Å². The monoisotopic (exact) mass is 283 g/mol. The predicted octanol–water partition coefficient (Wildman–Crippen LogP) is 1.89. The minimum absolute atomic E-state index is 0.272. The first-order valence-electron chi connectivity index (χ1n) is 6.77. The highest BCUT2D eigenvalue weighted by molar-refractivity contribution is 7.09. The first kappa shape index (κ1) is 14.5. The van der Waals surface area contributed by atoms with Gasteiger partial charge in [0.25, 0.3) is 0 Å². The normalized spacial score (nSPS) is 27.3. The van der Waals surface area contributed by atoms with Gasteiger partial charge in [0.1, 0.15) is 0 Å². The summed E-state index contributed by atoms with van der Waals surface area (Å²) < 4.78 is 0. The molecule has 0 unspecified atom stereocenters. The molecule has 0 radical (unpaired) electrons. The molecule has 0 saturated heterocycles. The van der Waals surface area contributed by atoms with Crippen LogP contribution in [0.2, 0.25) is 0 Å². The van der Waals surface area contributed by atoms with Crippen molar-refractivity contribution in [3.8, 4) is 0 Å². The Kier molecular flexibility index (Phi) is 4.96. The van der Waals surface area contributed by atoms with Gasteiger partial charge in [-0.25, -0.2) is 0 Å². The van der Waals surface area contributed by atoms with Gasteiger partial charge in [-0.1, -0.05) is 6.07 Å². The molecule has 4 nitrogen and oxygen atoms in total. The Bertz CT molecular complexity index is 397. The molecule has 1 aromatic heterocycles. The van der Waals surface area contributed by atoms with E-state index < -0.39 is 11.6 Å². The fraction of sp³-hybridized carbons (Fsp3) is 0.643. The molecule has 0 aromatic carbocycles. The smallest absolute Gasteiger partial charge is 0.306 e. The van der Waals surface area contributed by atoms with Crippen molar-refractivity contribution >= 4 is 17.3 Å². The summed E-state index contributed by atoms with van der Waals surface area (Å²) in [6.45, 7) is 1.41. The molecule has 1 aliphatic rings. The zero-order chi connectivity index (χ0) is 13.7. The molecule has 0 amide bonds. The number of hydrogen-bond acceptors (Lipinski definition) is 4. The van der Waals surface area contributed by atoms with Crippen LogP contribution in [0.5, 0.6) is 0 Å². The Balaban J connectivity index is 1.66. The number of aliphatic carboxylic acids is 1. The molecule has 1 aliphatic carbocycles. The van der Waals surface area contributed by atoms with E-state index in [1.54, 1.807) is 11.3 Å². The second-order valence-corrected chi connectivity index (χ2v) is 6.38. The number of carboxylic acid groups (broad SMARTS) is 1. The van der Waals surface area contributed by atoms with Gasteiger partial charge in [-0.05, 0) is 43.6 Å². The molecule has 1 saturated carbocycles. The molecular formula is C14H21NO3S. The summed E-state index contributed by atoms with van der Waals surface area (Å²) in [6, 6.07) is 4.15. The van der Waals surface area contributed by atoms with Gasteiger partial charge in [-0.2, -0.15) is 0 Å². The minimum Gasteiger partial charge on any atom is -0.481 e. The average molecular weight is 283 g/mol. The van der Waals surface area contributed by atoms with Crippen molar-refractivity contribution in [2.45, 2.75) is 37.7 Å². The number of hydrogen-bond donors (Lipinski definition) is 3. The maximum Gasteiger partial charge on any atom is 0.306 e. The largest absolute Gasteiger partial charge is 0.481 e. The number of rotatable bonds is 6. The van der Waals surface area contributed by atoms with E-state index in [4.69, 9.17) is 5.11 Å². The van der Waals surface area contributed by atoms with Crippen molar-refractivity contribution in [3.05, 3.63) is 22.4 Å². The number of carboxylic acids is 1. The number of aliphatic hydroxyl groups is 1. The summed E-state index contributed by atoms with van der Waals surface area (Å²) in [6.07, 6.45) is 3.30. The Morgan fingerprint density at radius 2 is 2.21 bits per heavy atom. The number of thiophene rings is 1. The van der Waals surface area contributed by atoms with Crippen LogP contribution in [0.15, 0.2) is 17.5 Å². The van der Waals surface area contributed by atoms with Crippen LogP contribution in [0.1, 0.15) is 30.6 Å². The third-order valence-electron chi connectivity index (χ3n) is 3.85. The summed E-state index contributed by atoms with van der Waals surface area (Å²) in [5.74, 6) is -1.00. The predicted molar refractivity (Wildman–Crippen MR) is 75.4 cm³/mol. The van der Waals surface area contributed by atoms with Gasteiger partial charge in [0.2, 0.25) is 0 Å². The van der Waals surface area contributed by atoms with Gasteiger partial charge < -0.3 is 15.5 Å². The van der Waals surface area contributed by atoms with E-state index in [0.29, 0.717) is 32.2 Å². The summed E-state index contributed by atoms with van der Waals surface area (Å²) in [5, 5.41) is 24.7. The molecule has 106 valence electrons. The third kappa shape index (κ3) is 4.30. The summed E-state index contributed by atoms with van der Waals surface area (Å²) in [7, 11) is 0.